The maximum atomic E-state index is 13.4. The number of likely N-dealkylation sites (tertiary alicyclic amines) is 1. The molecule has 9 nitrogen and oxygen atoms in total. The molecule has 1 unspecified atom stereocenters. The van der Waals surface area contributed by atoms with E-state index in [-0.39, 0.29) is 23.4 Å². The fourth-order valence-electron chi connectivity index (χ4n) is 5.54. The molecule has 2 aliphatic heterocycles. The van der Waals surface area contributed by atoms with E-state index in [1.54, 1.807) is 26.0 Å². The molecule has 2 aromatic carbocycles. The van der Waals surface area contributed by atoms with Crippen molar-refractivity contribution in [2.75, 3.05) is 33.4 Å². The van der Waals surface area contributed by atoms with Crippen LogP contribution in [0.1, 0.15) is 56.1 Å². The highest BCUT2D eigenvalue weighted by atomic mass is 16.6. The number of ether oxygens (including phenoxy) is 2. The van der Waals surface area contributed by atoms with Gasteiger partial charge in [0.15, 0.2) is 0 Å². The van der Waals surface area contributed by atoms with Crippen LogP contribution in [0.25, 0.3) is 0 Å². The van der Waals surface area contributed by atoms with Gasteiger partial charge >= 0.3 is 11.9 Å². The van der Waals surface area contributed by atoms with Crippen LogP contribution in [0, 0.1) is 10.1 Å². The van der Waals surface area contributed by atoms with Gasteiger partial charge in [0.1, 0.15) is 0 Å². The summed E-state index contributed by atoms with van der Waals surface area (Å²) in [4.78, 5) is 39.5. The molecule has 0 aromatic heterocycles. The van der Waals surface area contributed by atoms with Gasteiger partial charge in [0.05, 0.1) is 35.7 Å². The zero-order chi connectivity index (χ0) is 27.9. The summed E-state index contributed by atoms with van der Waals surface area (Å²) in [5, 5.41) is 14.5. The number of nitrogens with zero attached hydrogens (tertiary/aromatic N) is 2. The van der Waals surface area contributed by atoms with Crippen molar-refractivity contribution in [2.45, 2.75) is 44.9 Å². The molecule has 1 atom stereocenters. The van der Waals surface area contributed by atoms with Crippen LogP contribution in [0.4, 0.5) is 5.69 Å². The summed E-state index contributed by atoms with van der Waals surface area (Å²) in [6.07, 6.45) is 2.89. The highest BCUT2D eigenvalue weighted by Gasteiger charge is 2.38. The van der Waals surface area contributed by atoms with Crippen molar-refractivity contribution >= 4 is 17.6 Å². The molecule has 0 amide bonds. The maximum absolute atomic E-state index is 13.4. The first-order valence-electron chi connectivity index (χ1n) is 13.3. The lowest BCUT2D eigenvalue weighted by Gasteiger charge is -2.32. The molecule has 2 aromatic rings. The Hall–Kier alpha value is -3.98. The summed E-state index contributed by atoms with van der Waals surface area (Å²) in [5.41, 5.74) is 3.22. The van der Waals surface area contributed by atoms with Gasteiger partial charge in [-0.15, -0.1) is 0 Å². The standard InChI is InChI=1S/C30H35N3O6/c1-20-26(29(34)38-3)28(24-11-7-12-25(19-24)33(36)37)27(21(2)31-20)30(35)39-18-8-15-32-16-13-23(14-17-32)22-9-5-4-6-10-22/h4-7,9-12,19,23,28,31H,8,13-18H2,1-3H3. The highest BCUT2D eigenvalue weighted by molar-refractivity contribution is 5.99. The van der Waals surface area contributed by atoms with Crippen LogP contribution >= 0.6 is 0 Å². The lowest BCUT2D eigenvalue weighted by molar-refractivity contribution is -0.384. The van der Waals surface area contributed by atoms with Gasteiger partial charge in [0.2, 0.25) is 0 Å². The van der Waals surface area contributed by atoms with Gasteiger partial charge in [-0.05, 0) is 63.2 Å². The Morgan fingerprint density at radius 2 is 1.62 bits per heavy atom. The topological polar surface area (TPSA) is 111 Å². The van der Waals surface area contributed by atoms with Crippen molar-refractivity contribution in [3.8, 4) is 0 Å². The molecule has 4 rings (SSSR count). The molecule has 1 N–H and O–H groups in total. The number of methoxy groups -OCH3 is 1. The Bertz CT molecular complexity index is 1280. The van der Waals surface area contributed by atoms with E-state index < -0.39 is 22.8 Å². The zero-order valence-electron chi connectivity index (χ0n) is 22.6. The van der Waals surface area contributed by atoms with Crippen LogP contribution in [0.5, 0.6) is 0 Å². The first-order valence-corrected chi connectivity index (χ1v) is 13.3. The number of dihydropyridines is 1. The second-order valence-corrected chi connectivity index (χ2v) is 10.00. The lowest BCUT2D eigenvalue weighted by atomic mass is 9.80. The number of allylic oxidation sites excluding steroid dienone is 2. The molecule has 0 bridgehead atoms. The number of hydrogen-bond donors (Lipinski definition) is 1. The van der Waals surface area contributed by atoms with Crippen molar-refractivity contribution in [2.24, 2.45) is 0 Å². The molecular weight excluding hydrogens is 498 g/mol. The molecule has 2 aliphatic rings. The van der Waals surface area contributed by atoms with Crippen LogP contribution in [-0.2, 0) is 19.1 Å². The molecule has 206 valence electrons. The predicted molar refractivity (Wildman–Crippen MR) is 147 cm³/mol. The van der Waals surface area contributed by atoms with Gasteiger partial charge in [-0.3, -0.25) is 10.1 Å². The average Bonchev–Trinajstić information content (AvgIpc) is 2.95. The number of carbonyl (C=O) groups excluding carboxylic acids is 2. The van der Waals surface area contributed by atoms with Crippen LogP contribution in [0.3, 0.4) is 0 Å². The fourth-order valence-corrected chi connectivity index (χ4v) is 5.54. The van der Waals surface area contributed by atoms with Gasteiger partial charge in [0, 0.05) is 30.1 Å². The number of rotatable bonds is 9. The number of piperidine rings is 1. The molecule has 2 heterocycles. The van der Waals surface area contributed by atoms with Crippen LogP contribution in [0.2, 0.25) is 0 Å². The monoisotopic (exact) mass is 533 g/mol. The summed E-state index contributed by atoms with van der Waals surface area (Å²) in [6.45, 7) is 6.50. The van der Waals surface area contributed by atoms with Crippen LogP contribution in [0.15, 0.2) is 77.1 Å². The van der Waals surface area contributed by atoms with Crippen LogP contribution < -0.4 is 5.32 Å². The summed E-state index contributed by atoms with van der Waals surface area (Å²) < 4.78 is 10.7. The summed E-state index contributed by atoms with van der Waals surface area (Å²) in [6, 6.07) is 16.6. The Morgan fingerprint density at radius 3 is 2.26 bits per heavy atom. The van der Waals surface area contributed by atoms with E-state index in [4.69, 9.17) is 9.47 Å². The first-order chi connectivity index (χ1) is 18.8. The summed E-state index contributed by atoms with van der Waals surface area (Å²) in [5.74, 6) is -1.45. The van der Waals surface area contributed by atoms with Crippen LogP contribution in [-0.4, -0.2) is 55.1 Å². The Morgan fingerprint density at radius 1 is 0.974 bits per heavy atom. The zero-order valence-corrected chi connectivity index (χ0v) is 22.6. The molecule has 1 saturated heterocycles. The molecule has 1 fully saturated rings. The largest absolute Gasteiger partial charge is 0.466 e. The third kappa shape index (κ3) is 6.54. The van der Waals surface area contributed by atoms with Crippen molar-refractivity contribution in [1.82, 2.24) is 10.2 Å². The molecule has 0 spiro atoms. The molecule has 0 saturated carbocycles. The third-order valence-corrected chi connectivity index (χ3v) is 7.51. The number of benzene rings is 2. The third-order valence-electron chi connectivity index (χ3n) is 7.51. The number of nitro groups is 1. The Balaban J connectivity index is 1.41. The fraction of sp³-hybridized carbons (Fsp3) is 0.400. The first kappa shape index (κ1) is 28.0. The molecule has 39 heavy (non-hydrogen) atoms. The number of non-ortho nitro benzene ring substituents is 1. The van der Waals surface area contributed by atoms with Gasteiger partial charge < -0.3 is 19.7 Å². The van der Waals surface area contributed by atoms with E-state index in [0.717, 1.165) is 32.5 Å². The number of hydrogen-bond acceptors (Lipinski definition) is 8. The van der Waals surface area contributed by atoms with Gasteiger partial charge in [-0.2, -0.15) is 0 Å². The Kier molecular flexibility index (Phi) is 9.14. The average molecular weight is 534 g/mol. The van der Waals surface area contributed by atoms with Gasteiger partial charge in [-0.25, -0.2) is 9.59 Å². The SMILES string of the molecule is COC(=O)C1=C(C)NC(C)=C(C(=O)OCCCN2CCC(c3ccccc3)CC2)C1c1cccc([N+](=O)[O-])c1. The minimum Gasteiger partial charge on any atom is -0.466 e. The number of carbonyl (C=O) groups is 2. The van der Waals surface area contributed by atoms with Crippen molar-refractivity contribution in [1.29, 1.82) is 0 Å². The highest BCUT2D eigenvalue weighted by Crippen LogP contribution is 2.40. The lowest BCUT2D eigenvalue weighted by Crippen LogP contribution is -2.34. The van der Waals surface area contributed by atoms with E-state index in [0.29, 0.717) is 29.3 Å². The maximum Gasteiger partial charge on any atom is 0.336 e. The van der Waals surface area contributed by atoms with E-state index in [1.165, 1.54) is 24.8 Å². The minimum absolute atomic E-state index is 0.130. The number of nitrogens with one attached hydrogen (secondary N) is 1. The quantitative estimate of drug-likeness (QED) is 0.212. The minimum atomic E-state index is -0.858. The van der Waals surface area contributed by atoms with E-state index in [9.17, 15) is 19.7 Å². The second kappa shape index (κ2) is 12.7. The van der Waals surface area contributed by atoms with E-state index in [1.807, 2.05) is 6.07 Å². The summed E-state index contributed by atoms with van der Waals surface area (Å²) in [7, 11) is 1.26. The summed E-state index contributed by atoms with van der Waals surface area (Å²) >= 11 is 0. The number of nitro benzene ring substituents is 1. The predicted octanol–water partition coefficient (Wildman–Crippen LogP) is 4.82. The van der Waals surface area contributed by atoms with E-state index >= 15 is 0 Å². The smallest absolute Gasteiger partial charge is 0.336 e. The van der Waals surface area contributed by atoms with Crippen molar-refractivity contribution in [3.63, 3.8) is 0 Å². The number of esters is 2. The molecule has 0 radical (unpaired) electrons. The molecular formula is C30H35N3O6. The van der Waals surface area contributed by atoms with Gasteiger partial charge in [-0.1, -0.05) is 42.5 Å². The second-order valence-electron chi connectivity index (χ2n) is 10.00. The van der Waals surface area contributed by atoms with Crippen molar-refractivity contribution in [3.05, 3.63) is 98.4 Å². The molecule has 9 heteroatoms. The normalized spacial score (nSPS) is 18.5. The Labute approximate surface area is 228 Å². The van der Waals surface area contributed by atoms with Crippen molar-refractivity contribution < 1.29 is 24.0 Å². The van der Waals surface area contributed by atoms with E-state index in [2.05, 4.69) is 34.5 Å². The molecule has 0 aliphatic carbocycles. The van der Waals surface area contributed by atoms with Gasteiger partial charge in [0.25, 0.3) is 5.69 Å².